The van der Waals surface area contributed by atoms with E-state index < -0.39 is 5.41 Å². The first kappa shape index (κ1) is 18.5. The fourth-order valence-electron chi connectivity index (χ4n) is 3.21. The minimum atomic E-state index is -0.654. The van der Waals surface area contributed by atoms with E-state index in [-0.39, 0.29) is 37.9 Å². The van der Waals surface area contributed by atoms with E-state index in [1.165, 1.54) is 11.6 Å². The number of methoxy groups -OCH3 is 1. The molecule has 1 aromatic carbocycles. The van der Waals surface area contributed by atoms with Crippen LogP contribution in [0, 0.1) is 5.41 Å². The van der Waals surface area contributed by atoms with Crippen LogP contribution in [0.2, 0.25) is 4.82 Å². The number of esters is 1. The zero-order chi connectivity index (χ0) is 17.4. The summed E-state index contributed by atoms with van der Waals surface area (Å²) in [6, 6.07) is 10.0. The fourth-order valence-corrected chi connectivity index (χ4v) is 5.82. The monoisotopic (exact) mass is 395 g/mol. The summed E-state index contributed by atoms with van der Waals surface area (Å²) < 4.78 is 5.99. The van der Waals surface area contributed by atoms with Crippen molar-refractivity contribution in [1.82, 2.24) is 0 Å². The molecule has 0 N–H and O–H groups in total. The van der Waals surface area contributed by atoms with E-state index in [1.54, 1.807) is 0 Å². The van der Waals surface area contributed by atoms with Crippen molar-refractivity contribution in [3.05, 3.63) is 40.8 Å². The number of rotatable bonds is 8. The Bertz CT molecular complexity index is 631. The van der Waals surface area contributed by atoms with Crippen molar-refractivity contribution in [1.29, 1.82) is 0 Å². The Labute approximate surface area is 147 Å². The van der Waals surface area contributed by atoms with E-state index in [4.69, 9.17) is 10.3 Å². The Morgan fingerprint density at radius 3 is 2.79 bits per heavy atom. The normalized spacial score (nSPS) is 21.1. The summed E-state index contributed by atoms with van der Waals surface area (Å²) in [6.07, 6.45) is 2.74. The quantitative estimate of drug-likeness (QED) is 0.223. The van der Waals surface area contributed by atoms with Crippen LogP contribution in [-0.4, -0.2) is 40.4 Å². The van der Waals surface area contributed by atoms with Crippen LogP contribution in [0.25, 0.3) is 10.4 Å². The van der Waals surface area contributed by atoms with E-state index in [0.717, 1.165) is 6.42 Å². The Hall–Kier alpha value is -1.81. The van der Waals surface area contributed by atoms with Crippen LogP contribution >= 0.6 is 0 Å². The van der Waals surface area contributed by atoms with E-state index in [9.17, 15) is 9.59 Å². The van der Waals surface area contributed by atoms with E-state index in [1.807, 2.05) is 30.3 Å². The molecule has 24 heavy (non-hydrogen) atoms. The van der Waals surface area contributed by atoms with Crippen molar-refractivity contribution < 1.29 is 14.3 Å². The second kappa shape index (κ2) is 8.88. The van der Waals surface area contributed by atoms with Crippen LogP contribution in [0.15, 0.2) is 35.4 Å². The van der Waals surface area contributed by atoms with Crippen LogP contribution < -0.4 is 4.46 Å². The van der Waals surface area contributed by atoms with Gasteiger partial charge in [-0.05, 0) is 0 Å². The summed E-state index contributed by atoms with van der Waals surface area (Å²) in [6.45, 7) is 0.349. The summed E-state index contributed by atoms with van der Waals surface area (Å²) in [5.74, 6) is -0.206. The van der Waals surface area contributed by atoms with E-state index >= 15 is 0 Å². The van der Waals surface area contributed by atoms with E-state index in [0.29, 0.717) is 25.8 Å². The van der Waals surface area contributed by atoms with Gasteiger partial charge in [0.1, 0.15) is 0 Å². The van der Waals surface area contributed by atoms with Crippen molar-refractivity contribution in [3.8, 4) is 0 Å². The number of carbonyl (C=O) groups excluding carboxylic acids is 2. The molecule has 2 rings (SSSR count). The summed E-state index contributed by atoms with van der Waals surface area (Å²) in [5.41, 5.74) is 8.01. The molecule has 1 aliphatic carbocycles. The van der Waals surface area contributed by atoms with Crippen LogP contribution in [0.5, 0.6) is 0 Å². The number of hydrogen-bond donors (Lipinski definition) is 0. The van der Waals surface area contributed by atoms with Gasteiger partial charge in [-0.3, -0.25) is 0 Å². The third-order valence-corrected chi connectivity index (χ3v) is 6.88. The van der Waals surface area contributed by atoms with Crippen molar-refractivity contribution in [2.75, 3.05) is 13.7 Å². The molecule has 0 heterocycles. The number of carbonyl (C=O) groups is 2. The Morgan fingerprint density at radius 1 is 1.46 bits per heavy atom. The number of Topliss-reactive ketones (excluding diaryl/α,β-unsaturated/α-hetero) is 1. The van der Waals surface area contributed by atoms with Gasteiger partial charge < -0.3 is 0 Å². The number of ether oxygens (including phenoxy) is 1. The molecule has 0 radical (unpaired) electrons. The zero-order valence-corrected chi connectivity index (χ0v) is 15.4. The molecule has 1 fully saturated rings. The predicted molar refractivity (Wildman–Crippen MR) is 92.1 cm³/mol. The van der Waals surface area contributed by atoms with Crippen LogP contribution in [0.1, 0.15) is 32.1 Å². The van der Waals surface area contributed by atoms with Gasteiger partial charge >= 0.3 is 147 Å². The zero-order valence-electron chi connectivity index (χ0n) is 13.7. The molecule has 0 bridgehead atoms. The van der Waals surface area contributed by atoms with Gasteiger partial charge in [-0.2, -0.15) is 0 Å². The molecule has 7 heteroatoms. The molecular formula is C17H21N3O3Se. The summed E-state index contributed by atoms with van der Waals surface area (Å²) in [4.78, 5) is 27.3. The Balaban J connectivity index is 2.18. The molecule has 1 saturated carbocycles. The van der Waals surface area contributed by atoms with Crippen LogP contribution in [0.4, 0.5) is 0 Å². The molecule has 2 atom stereocenters. The first-order valence-corrected chi connectivity index (χ1v) is 9.77. The molecule has 1 unspecified atom stereocenters. The van der Waals surface area contributed by atoms with Crippen LogP contribution in [-0.2, 0) is 14.3 Å². The number of hydrogen-bond acceptors (Lipinski definition) is 4. The van der Waals surface area contributed by atoms with Gasteiger partial charge in [0.25, 0.3) is 0 Å². The van der Waals surface area contributed by atoms with Crippen molar-refractivity contribution in [2.24, 2.45) is 10.5 Å². The van der Waals surface area contributed by atoms with Gasteiger partial charge in [0.05, 0.1) is 0 Å². The first-order valence-electron chi connectivity index (χ1n) is 7.92. The van der Waals surface area contributed by atoms with Gasteiger partial charge in [0.2, 0.25) is 0 Å². The molecule has 0 saturated heterocycles. The summed E-state index contributed by atoms with van der Waals surface area (Å²) in [7, 11) is 1.35. The second-order valence-electron chi connectivity index (χ2n) is 5.98. The topological polar surface area (TPSA) is 92.1 Å². The number of benzene rings is 1. The molecule has 0 aliphatic heterocycles. The molecule has 6 nitrogen and oxygen atoms in total. The Morgan fingerprint density at radius 2 is 2.21 bits per heavy atom. The summed E-state index contributed by atoms with van der Waals surface area (Å²) in [5, 5.41) is 3.73. The molecule has 0 aromatic heterocycles. The van der Waals surface area contributed by atoms with Gasteiger partial charge in [0.15, 0.2) is 0 Å². The molecule has 0 spiro atoms. The fraction of sp³-hybridized carbons (Fsp3) is 0.529. The number of ketones is 1. The van der Waals surface area contributed by atoms with Crippen LogP contribution in [0.3, 0.4) is 0 Å². The van der Waals surface area contributed by atoms with Crippen molar-refractivity contribution in [3.63, 3.8) is 0 Å². The number of nitrogens with zero attached hydrogens (tertiary/aromatic N) is 3. The third-order valence-electron chi connectivity index (χ3n) is 4.37. The third kappa shape index (κ3) is 4.84. The molecule has 0 amide bonds. The predicted octanol–water partition coefficient (Wildman–Crippen LogP) is 2.81. The average Bonchev–Trinajstić information content (AvgIpc) is 2.93. The van der Waals surface area contributed by atoms with Gasteiger partial charge in [-0.1, -0.05) is 0 Å². The molecular weight excluding hydrogens is 373 g/mol. The van der Waals surface area contributed by atoms with Gasteiger partial charge in [-0.25, -0.2) is 0 Å². The molecule has 128 valence electrons. The van der Waals surface area contributed by atoms with Crippen molar-refractivity contribution >= 4 is 31.2 Å². The molecule has 1 aliphatic rings. The first-order chi connectivity index (χ1) is 11.6. The maximum absolute atomic E-state index is 12.5. The van der Waals surface area contributed by atoms with Crippen molar-refractivity contribution in [2.45, 2.75) is 36.9 Å². The Kier molecular flexibility index (Phi) is 6.85. The number of azide groups is 1. The SMILES string of the molecule is COC(=O)C[C@@]1(CC(CN=[N+]=[N-])[Se]c2ccccc2)CCCC1=O. The van der Waals surface area contributed by atoms with Gasteiger partial charge in [-0.15, -0.1) is 0 Å². The van der Waals surface area contributed by atoms with Gasteiger partial charge in [0, 0.05) is 0 Å². The standard InChI is InChI=1S/C17H21N3O3Se/c1-23-16(22)11-17(9-5-8-15(17)21)10-14(12-19-20-18)24-13-6-3-2-4-7-13/h2-4,6-7,14H,5,8-12H2,1H3/t14?,17-/m0/s1. The minimum absolute atomic E-state index is 0.0709. The average molecular weight is 394 g/mol. The summed E-state index contributed by atoms with van der Waals surface area (Å²) >= 11 is 0.0709. The van der Waals surface area contributed by atoms with E-state index in [2.05, 4.69) is 10.0 Å². The maximum atomic E-state index is 12.5. The second-order valence-corrected chi connectivity index (χ2v) is 8.86. The molecule has 1 aromatic rings.